The van der Waals surface area contributed by atoms with Gasteiger partial charge in [-0.2, -0.15) is 0 Å². The summed E-state index contributed by atoms with van der Waals surface area (Å²) < 4.78 is 11.5. The molecule has 6 heteroatoms. The molecule has 158 valence electrons. The van der Waals surface area contributed by atoms with Gasteiger partial charge in [0.05, 0.1) is 17.0 Å². The fourth-order valence-corrected chi connectivity index (χ4v) is 4.19. The van der Waals surface area contributed by atoms with Gasteiger partial charge in [0, 0.05) is 10.7 Å². The molecule has 0 spiro atoms. The smallest absolute Gasteiger partial charge is 0.295 e. The number of halogens is 1. The number of rotatable bonds is 5. The van der Waals surface area contributed by atoms with E-state index in [1.54, 1.807) is 29.2 Å². The molecule has 4 aromatic rings. The molecule has 1 amide bonds. The Bertz CT molecular complexity index is 1390. The van der Waals surface area contributed by atoms with Crippen molar-refractivity contribution in [1.29, 1.82) is 0 Å². The van der Waals surface area contributed by atoms with E-state index >= 15 is 0 Å². The van der Waals surface area contributed by atoms with Gasteiger partial charge in [0.2, 0.25) is 5.76 Å². The molecule has 32 heavy (non-hydrogen) atoms. The summed E-state index contributed by atoms with van der Waals surface area (Å²) in [5, 5.41) is 0.768. The molecule has 1 aromatic heterocycles. The minimum absolute atomic E-state index is 0.0469. The Hall–Kier alpha value is -3.83. The number of carbonyl (C=O) groups excluding carboxylic acids is 1. The summed E-state index contributed by atoms with van der Waals surface area (Å²) in [5.74, 6) is 0.351. The molecule has 5 rings (SSSR count). The first-order chi connectivity index (χ1) is 15.6. The van der Waals surface area contributed by atoms with Crippen LogP contribution in [0, 0.1) is 0 Å². The zero-order valence-corrected chi connectivity index (χ0v) is 17.7. The summed E-state index contributed by atoms with van der Waals surface area (Å²) in [5.41, 5.74) is 1.79. The maximum Gasteiger partial charge on any atom is 0.295 e. The van der Waals surface area contributed by atoms with Crippen LogP contribution >= 0.6 is 11.6 Å². The Labute approximate surface area is 189 Å². The summed E-state index contributed by atoms with van der Waals surface area (Å²) in [6.07, 6.45) is 1.67. The molecule has 0 bridgehead atoms. The lowest BCUT2D eigenvalue weighted by molar-refractivity contribution is 0.0971. The van der Waals surface area contributed by atoms with Crippen LogP contribution in [0.5, 0.6) is 5.75 Å². The SMILES string of the molecule is C=CCOc1ccc(C2c3c(oc4ccc(Cl)cc4c3=O)C(=O)N2c2ccccc2)cc1. The molecule has 0 saturated carbocycles. The predicted molar refractivity (Wildman–Crippen MR) is 125 cm³/mol. The van der Waals surface area contributed by atoms with Crippen molar-refractivity contribution in [2.45, 2.75) is 6.04 Å². The van der Waals surface area contributed by atoms with Gasteiger partial charge in [0.15, 0.2) is 5.43 Å². The normalized spacial score (nSPS) is 15.1. The minimum Gasteiger partial charge on any atom is -0.490 e. The highest BCUT2D eigenvalue weighted by molar-refractivity contribution is 6.31. The Morgan fingerprint density at radius 2 is 1.78 bits per heavy atom. The van der Waals surface area contributed by atoms with E-state index in [1.165, 1.54) is 0 Å². The summed E-state index contributed by atoms with van der Waals surface area (Å²) >= 11 is 6.13. The Kier molecular flexibility index (Phi) is 5.04. The number of carbonyl (C=O) groups is 1. The van der Waals surface area contributed by atoms with Gasteiger partial charge in [0.1, 0.15) is 17.9 Å². The molecular formula is C26H18ClNO4. The van der Waals surface area contributed by atoms with Crippen LogP contribution in [-0.2, 0) is 0 Å². The molecule has 0 saturated heterocycles. The first kappa shape index (κ1) is 20.1. The van der Waals surface area contributed by atoms with Crippen molar-refractivity contribution in [1.82, 2.24) is 0 Å². The highest BCUT2D eigenvalue weighted by Crippen LogP contribution is 2.41. The molecule has 1 atom stereocenters. The van der Waals surface area contributed by atoms with E-state index in [2.05, 4.69) is 6.58 Å². The van der Waals surface area contributed by atoms with Gasteiger partial charge < -0.3 is 9.15 Å². The number of ether oxygens (including phenoxy) is 1. The van der Waals surface area contributed by atoms with Crippen LogP contribution < -0.4 is 15.1 Å². The third kappa shape index (κ3) is 3.27. The molecule has 0 fully saturated rings. The molecule has 3 aromatic carbocycles. The van der Waals surface area contributed by atoms with Gasteiger partial charge in [-0.1, -0.05) is 54.6 Å². The monoisotopic (exact) mass is 443 g/mol. The van der Waals surface area contributed by atoms with Gasteiger partial charge >= 0.3 is 0 Å². The summed E-state index contributed by atoms with van der Waals surface area (Å²) in [7, 11) is 0. The molecule has 1 aliphatic rings. The maximum absolute atomic E-state index is 13.6. The number of benzene rings is 3. The lowest BCUT2D eigenvalue weighted by Gasteiger charge is -2.25. The number of para-hydroxylation sites is 1. The van der Waals surface area contributed by atoms with E-state index in [9.17, 15) is 9.59 Å². The molecule has 0 aliphatic carbocycles. The zero-order chi connectivity index (χ0) is 22.2. The first-order valence-corrected chi connectivity index (χ1v) is 10.4. The first-order valence-electron chi connectivity index (χ1n) is 10.1. The third-order valence-corrected chi connectivity index (χ3v) is 5.67. The standard InChI is InChI=1S/C26H18ClNO4/c1-2-14-31-19-11-8-16(9-12-19)23-22-24(29)20-15-17(27)10-13-21(20)32-25(22)26(30)28(23)18-6-4-3-5-7-18/h2-13,15,23H,1,14H2. The quantitative estimate of drug-likeness (QED) is 0.368. The number of anilines is 1. The van der Waals surface area contributed by atoms with Crippen LogP contribution in [-0.4, -0.2) is 12.5 Å². The van der Waals surface area contributed by atoms with Crippen LogP contribution in [0.2, 0.25) is 5.02 Å². The average molecular weight is 444 g/mol. The molecule has 1 unspecified atom stereocenters. The van der Waals surface area contributed by atoms with Crippen molar-refractivity contribution in [2.24, 2.45) is 0 Å². The van der Waals surface area contributed by atoms with Crippen molar-refractivity contribution < 1.29 is 13.9 Å². The largest absolute Gasteiger partial charge is 0.490 e. The highest BCUT2D eigenvalue weighted by Gasteiger charge is 2.43. The molecule has 2 heterocycles. The van der Waals surface area contributed by atoms with Crippen LogP contribution in [0.15, 0.2) is 94.7 Å². The van der Waals surface area contributed by atoms with Gasteiger partial charge in [-0.05, 0) is 48.0 Å². The van der Waals surface area contributed by atoms with Crippen molar-refractivity contribution in [2.75, 3.05) is 11.5 Å². The fourth-order valence-electron chi connectivity index (χ4n) is 4.02. The fraction of sp³-hybridized carbons (Fsp3) is 0.0769. The topological polar surface area (TPSA) is 59.8 Å². The molecule has 1 aliphatic heterocycles. The van der Waals surface area contributed by atoms with E-state index in [-0.39, 0.29) is 17.1 Å². The number of fused-ring (bicyclic) bond motifs is 2. The van der Waals surface area contributed by atoms with E-state index in [1.807, 2.05) is 54.6 Å². The van der Waals surface area contributed by atoms with E-state index in [4.69, 9.17) is 20.8 Å². The second kappa shape index (κ2) is 8.02. The Morgan fingerprint density at radius 3 is 2.50 bits per heavy atom. The van der Waals surface area contributed by atoms with E-state index in [0.29, 0.717) is 39.6 Å². The van der Waals surface area contributed by atoms with Crippen LogP contribution in [0.1, 0.15) is 27.7 Å². The summed E-state index contributed by atoms with van der Waals surface area (Å²) in [6, 6.07) is 20.7. The minimum atomic E-state index is -0.645. The zero-order valence-electron chi connectivity index (χ0n) is 17.0. The lowest BCUT2D eigenvalue weighted by atomic mass is 9.98. The van der Waals surface area contributed by atoms with Crippen LogP contribution in [0.4, 0.5) is 5.69 Å². The highest BCUT2D eigenvalue weighted by atomic mass is 35.5. The van der Waals surface area contributed by atoms with Gasteiger partial charge in [-0.25, -0.2) is 0 Å². The molecule has 0 radical (unpaired) electrons. The number of nitrogens with zero attached hydrogens (tertiary/aromatic N) is 1. The van der Waals surface area contributed by atoms with Crippen molar-refractivity contribution in [3.05, 3.63) is 118 Å². The summed E-state index contributed by atoms with van der Waals surface area (Å²) in [6.45, 7) is 4.04. The number of amides is 1. The van der Waals surface area contributed by atoms with Crippen molar-refractivity contribution in [3.63, 3.8) is 0 Å². The Balaban J connectivity index is 1.73. The van der Waals surface area contributed by atoms with E-state index in [0.717, 1.165) is 5.56 Å². The maximum atomic E-state index is 13.6. The van der Waals surface area contributed by atoms with Crippen LogP contribution in [0.25, 0.3) is 11.0 Å². The van der Waals surface area contributed by atoms with Crippen molar-refractivity contribution in [3.8, 4) is 5.75 Å². The average Bonchev–Trinajstić information content (AvgIpc) is 3.11. The third-order valence-electron chi connectivity index (χ3n) is 5.43. The number of hydrogen-bond acceptors (Lipinski definition) is 4. The van der Waals surface area contributed by atoms with Gasteiger partial charge in [0.25, 0.3) is 5.91 Å². The number of hydrogen-bond donors (Lipinski definition) is 0. The van der Waals surface area contributed by atoms with Crippen LogP contribution in [0.3, 0.4) is 0 Å². The predicted octanol–water partition coefficient (Wildman–Crippen LogP) is 5.76. The van der Waals surface area contributed by atoms with E-state index < -0.39 is 6.04 Å². The summed E-state index contributed by atoms with van der Waals surface area (Å²) in [4.78, 5) is 28.6. The molecule has 0 N–H and O–H groups in total. The van der Waals surface area contributed by atoms with Gasteiger partial charge in [-0.3, -0.25) is 14.5 Å². The molecular weight excluding hydrogens is 426 g/mol. The van der Waals surface area contributed by atoms with Crippen molar-refractivity contribution >= 4 is 34.2 Å². The second-order valence-electron chi connectivity index (χ2n) is 7.40. The van der Waals surface area contributed by atoms with Gasteiger partial charge in [-0.15, -0.1) is 0 Å². The Morgan fingerprint density at radius 1 is 1.03 bits per heavy atom. The molecule has 5 nitrogen and oxygen atoms in total. The second-order valence-corrected chi connectivity index (χ2v) is 7.83. The lowest BCUT2D eigenvalue weighted by Crippen LogP contribution is -2.29.